The van der Waals surface area contributed by atoms with Gasteiger partial charge in [-0.25, -0.2) is 0 Å². The molecule has 1 aliphatic carbocycles. The van der Waals surface area contributed by atoms with E-state index in [1.807, 2.05) is 6.07 Å². The van der Waals surface area contributed by atoms with E-state index in [2.05, 4.69) is 10.6 Å². The topological polar surface area (TPSA) is 95.5 Å². The lowest BCUT2D eigenvalue weighted by molar-refractivity contribution is -0.142. The van der Waals surface area contributed by atoms with Crippen molar-refractivity contribution >= 4 is 17.8 Å². The van der Waals surface area contributed by atoms with Crippen LogP contribution >= 0.6 is 0 Å². The monoisotopic (exact) mass is 318 g/mol. The summed E-state index contributed by atoms with van der Waals surface area (Å²) >= 11 is 0. The molecule has 0 spiro atoms. The molecule has 0 heterocycles. The van der Waals surface area contributed by atoms with Gasteiger partial charge in [0.1, 0.15) is 6.04 Å². The Bertz CT molecular complexity index is 565. The number of amides is 2. The molecule has 0 aromatic heterocycles. The fourth-order valence-corrected chi connectivity index (χ4v) is 2.75. The Labute approximate surface area is 135 Å². The molecule has 1 aliphatic rings. The minimum atomic E-state index is -0.765. The molecular weight excluding hydrogens is 296 g/mol. The largest absolute Gasteiger partial charge is 0.481 e. The lowest BCUT2D eigenvalue weighted by Crippen LogP contribution is -2.49. The van der Waals surface area contributed by atoms with Crippen LogP contribution in [0.2, 0.25) is 0 Å². The smallest absolute Gasteiger partial charge is 0.306 e. The highest BCUT2D eigenvalue weighted by molar-refractivity contribution is 5.97. The van der Waals surface area contributed by atoms with Gasteiger partial charge in [0, 0.05) is 11.6 Å². The Morgan fingerprint density at radius 2 is 1.70 bits per heavy atom. The molecule has 6 heteroatoms. The Kier molecular flexibility index (Phi) is 5.73. The minimum absolute atomic E-state index is 0.0193. The van der Waals surface area contributed by atoms with Crippen molar-refractivity contribution < 1.29 is 19.5 Å². The molecule has 124 valence electrons. The van der Waals surface area contributed by atoms with Crippen molar-refractivity contribution in [2.45, 2.75) is 44.7 Å². The standard InChI is InChI=1S/C17H22N2O4/c1-11(18-16(21)12-5-3-2-4-6-12)15(20)19-14-9-7-13(8-10-14)17(22)23/h2-6,11,13-14H,7-10H2,1H3,(H,18,21)(H,19,20)(H,22,23). The number of carbonyl (C=O) groups is 3. The molecule has 0 saturated heterocycles. The van der Waals surface area contributed by atoms with Crippen molar-refractivity contribution in [3.63, 3.8) is 0 Å². The SMILES string of the molecule is CC(NC(=O)c1ccccc1)C(=O)NC1CCC(C(=O)O)CC1. The van der Waals surface area contributed by atoms with Gasteiger partial charge in [0.2, 0.25) is 5.91 Å². The van der Waals surface area contributed by atoms with E-state index in [9.17, 15) is 14.4 Å². The molecule has 1 aromatic carbocycles. The van der Waals surface area contributed by atoms with Crippen LogP contribution in [0.4, 0.5) is 0 Å². The molecule has 0 bridgehead atoms. The van der Waals surface area contributed by atoms with Crippen molar-refractivity contribution in [3.05, 3.63) is 35.9 Å². The lowest BCUT2D eigenvalue weighted by Gasteiger charge is -2.28. The van der Waals surface area contributed by atoms with Crippen molar-refractivity contribution in [1.82, 2.24) is 10.6 Å². The van der Waals surface area contributed by atoms with Gasteiger partial charge in [0.15, 0.2) is 0 Å². The third kappa shape index (κ3) is 4.81. The summed E-state index contributed by atoms with van der Waals surface area (Å²) in [5.41, 5.74) is 0.508. The van der Waals surface area contributed by atoms with E-state index in [4.69, 9.17) is 5.11 Å². The van der Waals surface area contributed by atoms with Gasteiger partial charge >= 0.3 is 5.97 Å². The summed E-state index contributed by atoms with van der Waals surface area (Å²) in [6.45, 7) is 1.64. The Hall–Kier alpha value is -2.37. The predicted octanol–water partition coefficient (Wildman–Crippen LogP) is 1.56. The van der Waals surface area contributed by atoms with Crippen LogP contribution in [-0.2, 0) is 9.59 Å². The Morgan fingerprint density at radius 1 is 1.09 bits per heavy atom. The molecule has 1 aromatic rings. The van der Waals surface area contributed by atoms with Crippen LogP contribution in [0, 0.1) is 5.92 Å². The van der Waals surface area contributed by atoms with Gasteiger partial charge in [0.25, 0.3) is 5.91 Å². The van der Waals surface area contributed by atoms with E-state index in [1.54, 1.807) is 31.2 Å². The van der Waals surface area contributed by atoms with Gasteiger partial charge in [-0.05, 0) is 44.7 Å². The molecule has 0 aliphatic heterocycles. The maximum atomic E-state index is 12.2. The van der Waals surface area contributed by atoms with Gasteiger partial charge in [0.05, 0.1) is 5.92 Å². The second-order valence-electron chi connectivity index (χ2n) is 5.96. The second kappa shape index (κ2) is 7.76. The van der Waals surface area contributed by atoms with Crippen LogP contribution in [0.15, 0.2) is 30.3 Å². The molecule has 2 amide bonds. The van der Waals surface area contributed by atoms with E-state index >= 15 is 0 Å². The van der Waals surface area contributed by atoms with Crippen molar-refractivity contribution in [2.75, 3.05) is 0 Å². The average molecular weight is 318 g/mol. The predicted molar refractivity (Wildman–Crippen MR) is 84.9 cm³/mol. The van der Waals surface area contributed by atoms with Crippen LogP contribution in [0.25, 0.3) is 0 Å². The molecule has 1 fully saturated rings. The molecule has 1 atom stereocenters. The third-order valence-corrected chi connectivity index (χ3v) is 4.20. The number of benzene rings is 1. The molecule has 3 N–H and O–H groups in total. The van der Waals surface area contributed by atoms with Crippen molar-refractivity contribution in [2.24, 2.45) is 5.92 Å². The first-order valence-corrected chi connectivity index (χ1v) is 7.86. The summed E-state index contributed by atoms with van der Waals surface area (Å²) < 4.78 is 0. The second-order valence-corrected chi connectivity index (χ2v) is 5.96. The number of nitrogens with one attached hydrogen (secondary N) is 2. The van der Waals surface area contributed by atoms with Crippen LogP contribution in [0.1, 0.15) is 43.0 Å². The van der Waals surface area contributed by atoms with E-state index in [0.29, 0.717) is 31.2 Å². The zero-order valence-corrected chi connectivity index (χ0v) is 13.1. The summed E-state index contributed by atoms with van der Waals surface area (Å²) in [5, 5.41) is 14.5. The first-order chi connectivity index (χ1) is 11.0. The molecule has 2 rings (SSSR count). The summed E-state index contributed by atoms with van der Waals surface area (Å²) in [4.78, 5) is 35.1. The normalized spacial score (nSPS) is 22.0. The van der Waals surface area contributed by atoms with Gasteiger partial charge in [-0.3, -0.25) is 14.4 Å². The highest BCUT2D eigenvalue weighted by Crippen LogP contribution is 2.24. The number of carboxylic acids is 1. The molecule has 0 radical (unpaired) electrons. The minimum Gasteiger partial charge on any atom is -0.481 e. The summed E-state index contributed by atoms with van der Waals surface area (Å²) in [6.07, 6.45) is 2.46. The van der Waals surface area contributed by atoms with Gasteiger partial charge < -0.3 is 15.7 Å². The fraction of sp³-hybridized carbons (Fsp3) is 0.471. The number of carbonyl (C=O) groups excluding carboxylic acids is 2. The van der Waals surface area contributed by atoms with Gasteiger partial charge in [-0.2, -0.15) is 0 Å². The summed E-state index contributed by atoms with van der Waals surface area (Å²) in [7, 11) is 0. The fourth-order valence-electron chi connectivity index (χ4n) is 2.75. The van der Waals surface area contributed by atoms with Crippen LogP contribution in [-0.4, -0.2) is 35.0 Å². The van der Waals surface area contributed by atoms with E-state index in [1.165, 1.54) is 0 Å². The number of carboxylic acid groups (broad SMARTS) is 1. The molecule has 23 heavy (non-hydrogen) atoms. The average Bonchev–Trinajstić information content (AvgIpc) is 2.56. The van der Waals surface area contributed by atoms with E-state index < -0.39 is 12.0 Å². The Balaban J connectivity index is 1.79. The van der Waals surface area contributed by atoms with Crippen LogP contribution < -0.4 is 10.6 Å². The van der Waals surface area contributed by atoms with Gasteiger partial charge in [-0.15, -0.1) is 0 Å². The molecule has 1 saturated carbocycles. The van der Waals surface area contributed by atoms with Crippen LogP contribution in [0.5, 0.6) is 0 Å². The number of rotatable bonds is 5. The summed E-state index contributed by atoms with van der Waals surface area (Å²) in [5.74, 6) is -1.60. The lowest BCUT2D eigenvalue weighted by atomic mass is 9.86. The number of hydrogen-bond acceptors (Lipinski definition) is 3. The Morgan fingerprint density at radius 3 is 2.26 bits per heavy atom. The summed E-state index contributed by atoms with van der Waals surface area (Å²) in [6, 6.07) is 8.07. The number of aliphatic carboxylic acids is 1. The highest BCUT2D eigenvalue weighted by atomic mass is 16.4. The van der Waals surface area contributed by atoms with Crippen LogP contribution in [0.3, 0.4) is 0 Å². The van der Waals surface area contributed by atoms with Crippen molar-refractivity contribution in [3.8, 4) is 0 Å². The first-order valence-electron chi connectivity index (χ1n) is 7.86. The van der Waals surface area contributed by atoms with Crippen molar-refractivity contribution in [1.29, 1.82) is 0 Å². The zero-order valence-electron chi connectivity index (χ0n) is 13.1. The molecule has 6 nitrogen and oxygen atoms in total. The molecular formula is C17H22N2O4. The van der Waals surface area contributed by atoms with E-state index in [0.717, 1.165) is 0 Å². The first kappa shape index (κ1) is 17.0. The zero-order chi connectivity index (χ0) is 16.8. The van der Waals surface area contributed by atoms with Gasteiger partial charge in [-0.1, -0.05) is 18.2 Å². The third-order valence-electron chi connectivity index (χ3n) is 4.20. The maximum Gasteiger partial charge on any atom is 0.306 e. The maximum absolute atomic E-state index is 12.2. The molecule has 1 unspecified atom stereocenters. The quantitative estimate of drug-likeness (QED) is 0.768. The van der Waals surface area contributed by atoms with E-state index in [-0.39, 0.29) is 23.8 Å². The number of hydrogen-bond donors (Lipinski definition) is 3. The highest BCUT2D eigenvalue weighted by Gasteiger charge is 2.27.